The van der Waals surface area contributed by atoms with Crippen LogP contribution in [0.3, 0.4) is 0 Å². The second kappa shape index (κ2) is 8.96. The molecule has 0 fully saturated rings. The fraction of sp³-hybridized carbons (Fsp3) is 0.615. The Balaban J connectivity index is 2.56. The van der Waals surface area contributed by atoms with Crippen molar-refractivity contribution in [2.24, 2.45) is 0 Å². The van der Waals surface area contributed by atoms with Crippen molar-refractivity contribution in [2.45, 2.75) is 26.3 Å². The van der Waals surface area contributed by atoms with Crippen molar-refractivity contribution in [2.75, 3.05) is 26.3 Å². The summed E-state index contributed by atoms with van der Waals surface area (Å²) in [6.07, 6.45) is 3.16. The SMILES string of the molecule is CCOCCN(CC)C(=O)N[C@H](Cc1cnc[nH]1)C(=O)O. The first kappa shape index (κ1) is 17.0. The van der Waals surface area contributed by atoms with E-state index in [1.165, 1.54) is 17.4 Å². The highest BCUT2D eigenvalue weighted by molar-refractivity contribution is 5.82. The minimum absolute atomic E-state index is 0.157. The predicted molar refractivity (Wildman–Crippen MR) is 76.0 cm³/mol. The zero-order valence-corrected chi connectivity index (χ0v) is 12.3. The number of carboxylic acids is 1. The van der Waals surface area contributed by atoms with Gasteiger partial charge in [0.05, 0.1) is 12.9 Å². The number of aromatic nitrogens is 2. The summed E-state index contributed by atoms with van der Waals surface area (Å²) in [6.45, 7) is 5.62. The van der Waals surface area contributed by atoms with Gasteiger partial charge in [-0.2, -0.15) is 0 Å². The minimum atomic E-state index is -1.08. The van der Waals surface area contributed by atoms with Crippen LogP contribution in [0.25, 0.3) is 0 Å². The number of carbonyl (C=O) groups is 2. The summed E-state index contributed by atoms with van der Waals surface area (Å²) in [5, 5.41) is 11.7. The number of carboxylic acid groups (broad SMARTS) is 1. The van der Waals surface area contributed by atoms with E-state index in [0.29, 0.717) is 32.0 Å². The summed E-state index contributed by atoms with van der Waals surface area (Å²) in [6, 6.07) is -1.41. The third-order valence-corrected chi connectivity index (χ3v) is 2.95. The van der Waals surface area contributed by atoms with Crippen LogP contribution < -0.4 is 5.32 Å². The van der Waals surface area contributed by atoms with E-state index >= 15 is 0 Å². The van der Waals surface area contributed by atoms with Crippen LogP contribution in [-0.2, 0) is 16.0 Å². The number of hydrogen-bond acceptors (Lipinski definition) is 4. The number of imidazole rings is 1. The highest BCUT2D eigenvalue weighted by Gasteiger charge is 2.23. The molecule has 0 aliphatic rings. The summed E-state index contributed by atoms with van der Waals surface area (Å²) in [4.78, 5) is 31.5. The predicted octanol–water partition coefficient (Wildman–Crippen LogP) is 0.473. The van der Waals surface area contributed by atoms with Crippen LogP contribution in [0.4, 0.5) is 4.79 Å². The Labute approximate surface area is 123 Å². The number of carbonyl (C=O) groups excluding carboxylic acids is 1. The van der Waals surface area contributed by atoms with E-state index in [4.69, 9.17) is 4.74 Å². The minimum Gasteiger partial charge on any atom is -0.480 e. The number of nitrogens with zero attached hydrogens (tertiary/aromatic N) is 2. The molecule has 0 unspecified atom stereocenters. The molecule has 21 heavy (non-hydrogen) atoms. The number of aliphatic carboxylic acids is 1. The summed E-state index contributed by atoms with van der Waals surface area (Å²) in [5.74, 6) is -1.08. The molecule has 1 atom stereocenters. The van der Waals surface area contributed by atoms with Crippen molar-refractivity contribution < 1.29 is 19.4 Å². The molecule has 0 saturated heterocycles. The first-order valence-corrected chi connectivity index (χ1v) is 6.91. The van der Waals surface area contributed by atoms with E-state index in [9.17, 15) is 14.7 Å². The van der Waals surface area contributed by atoms with Crippen molar-refractivity contribution in [3.8, 4) is 0 Å². The Hall–Kier alpha value is -2.09. The van der Waals surface area contributed by atoms with E-state index < -0.39 is 18.0 Å². The Morgan fingerprint density at radius 1 is 1.52 bits per heavy atom. The van der Waals surface area contributed by atoms with Gasteiger partial charge in [0.15, 0.2) is 0 Å². The first-order chi connectivity index (χ1) is 10.1. The molecule has 2 amide bonds. The molecular weight excluding hydrogens is 276 g/mol. The van der Waals surface area contributed by atoms with Gasteiger partial charge in [0, 0.05) is 38.0 Å². The molecule has 0 aliphatic carbocycles. The van der Waals surface area contributed by atoms with E-state index in [1.807, 2.05) is 13.8 Å². The van der Waals surface area contributed by atoms with Crippen LogP contribution in [0.5, 0.6) is 0 Å². The third-order valence-electron chi connectivity index (χ3n) is 2.95. The van der Waals surface area contributed by atoms with Crippen molar-refractivity contribution in [3.05, 3.63) is 18.2 Å². The summed E-state index contributed by atoms with van der Waals surface area (Å²) in [5.41, 5.74) is 0.653. The lowest BCUT2D eigenvalue weighted by Crippen LogP contribution is -2.49. The third kappa shape index (κ3) is 5.82. The molecule has 118 valence electrons. The Kier molecular flexibility index (Phi) is 7.24. The second-order valence-corrected chi connectivity index (χ2v) is 4.40. The largest absolute Gasteiger partial charge is 0.480 e. The standard InChI is InChI=1S/C13H22N4O4/c1-3-17(5-6-21-4-2)13(20)16-11(12(18)19)7-10-8-14-9-15-10/h8-9,11H,3-7H2,1-2H3,(H,14,15)(H,16,20)(H,18,19)/t11-/m1/s1. The van der Waals surface area contributed by atoms with Gasteiger partial charge in [-0.05, 0) is 13.8 Å². The molecule has 1 rings (SSSR count). The van der Waals surface area contributed by atoms with Gasteiger partial charge >= 0.3 is 12.0 Å². The van der Waals surface area contributed by atoms with Gasteiger partial charge < -0.3 is 25.0 Å². The number of nitrogens with one attached hydrogen (secondary N) is 2. The van der Waals surface area contributed by atoms with Gasteiger partial charge in [0.2, 0.25) is 0 Å². The van der Waals surface area contributed by atoms with E-state index in [1.54, 1.807) is 0 Å². The molecule has 0 spiro atoms. The van der Waals surface area contributed by atoms with Gasteiger partial charge in [-0.25, -0.2) is 14.6 Å². The number of likely N-dealkylation sites (N-methyl/N-ethyl adjacent to an activating group) is 1. The molecule has 1 aromatic heterocycles. The van der Waals surface area contributed by atoms with Crippen molar-refractivity contribution in [3.63, 3.8) is 0 Å². The van der Waals surface area contributed by atoms with E-state index in [2.05, 4.69) is 15.3 Å². The normalized spacial score (nSPS) is 11.9. The number of urea groups is 1. The highest BCUT2D eigenvalue weighted by Crippen LogP contribution is 2.00. The van der Waals surface area contributed by atoms with E-state index in [0.717, 1.165) is 0 Å². The Morgan fingerprint density at radius 2 is 2.29 bits per heavy atom. The zero-order chi connectivity index (χ0) is 15.7. The summed E-state index contributed by atoms with van der Waals surface area (Å²) >= 11 is 0. The topological polar surface area (TPSA) is 108 Å². The summed E-state index contributed by atoms with van der Waals surface area (Å²) < 4.78 is 5.20. The van der Waals surface area contributed by atoms with Crippen molar-refractivity contribution in [1.82, 2.24) is 20.2 Å². The quantitative estimate of drug-likeness (QED) is 0.575. The fourth-order valence-corrected chi connectivity index (χ4v) is 1.78. The molecule has 0 aromatic carbocycles. The number of ether oxygens (including phenoxy) is 1. The molecule has 0 radical (unpaired) electrons. The van der Waals surface area contributed by atoms with Crippen molar-refractivity contribution in [1.29, 1.82) is 0 Å². The molecule has 1 heterocycles. The van der Waals surface area contributed by atoms with Crippen molar-refractivity contribution >= 4 is 12.0 Å². The number of H-pyrrole nitrogens is 1. The molecule has 8 heteroatoms. The smallest absolute Gasteiger partial charge is 0.326 e. The molecule has 8 nitrogen and oxygen atoms in total. The molecular formula is C13H22N4O4. The fourth-order valence-electron chi connectivity index (χ4n) is 1.78. The monoisotopic (exact) mass is 298 g/mol. The number of hydrogen-bond donors (Lipinski definition) is 3. The summed E-state index contributed by atoms with van der Waals surface area (Å²) in [7, 11) is 0. The van der Waals surface area contributed by atoms with Crippen LogP contribution in [0.1, 0.15) is 19.5 Å². The average molecular weight is 298 g/mol. The lowest BCUT2D eigenvalue weighted by atomic mass is 10.1. The number of rotatable bonds is 9. The lowest BCUT2D eigenvalue weighted by Gasteiger charge is -2.23. The van der Waals surface area contributed by atoms with Gasteiger partial charge in [-0.3, -0.25) is 0 Å². The number of aromatic amines is 1. The maximum absolute atomic E-state index is 12.1. The maximum Gasteiger partial charge on any atom is 0.326 e. The van der Waals surface area contributed by atoms with Crippen LogP contribution >= 0.6 is 0 Å². The van der Waals surface area contributed by atoms with Gasteiger partial charge in [0.25, 0.3) is 0 Å². The molecule has 3 N–H and O–H groups in total. The molecule has 0 aliphatic heterocycles. The second-order valence-electron chi connectivity index (χ2n) is 4.40. The Bertz CT molecular complexity index is 435. The van der Waals surface area contributed by atoms with Crippen LogP contribution in [0.15, 0.2) is 12.5 Å². The van der Waals surface area contributed by atoms with Gasteiger partial charge in [0.1, 0.15) is 6.04 Å². The van der Waals surface area contributed by atoms with Gasteiger partial charge in [-0.1, -0.05) is 0 Å². The first-order valence-electron chi connectivity index (χ1n) is 6.91. The van der Waals surface area contributed by atoms with Crippen LogP contribution in [-0.4, -0.2) is 64.3 Å². The number of amides is 2. The van der Waals surface area contributed by atoms with Gasteiger partial charge in [-0.15, -0.1) is 0 Å². The zero-order valence-electron chi connectivity index (χ0n) is 12.3. The lowest BCUT2D eigenvalue weighted by molar-refractivity contribution is -0.139. The highest BCUT2D eigenvalue weighted by atomic mass is 16.5. The molecule has 0 bridgehead atoms. The molecule has 0 saturated carbocycles. The van der Waals surface area contributed by atoms with Crippen LogP contribution in [0, 0.1) is 0 Å². The molecule has 1 aromatic rings. The van der Waals surface area contributed by atoms with E-state index in [-0.39, 0.29) is 6.42 Å². The van der Waals surface area contributed by atoms with Crippen LogP contribution in [0.2, 0.25) is 0 Å². The Morgan fingerprint density at radius 3 is 2.81 bits per heavy atom. The maximum atomic E-state index is 12.1. The average Bonchev–Trinajstić information content (AvgIpc) is 2.95.